The monoisotopic (exact) mass is 365 g/mol. The van der Waals surface area contributed by atoms with Crippen molar-refractivity contribution in [2.75, 3.05) is 15.8 Å². The van der Waals surface area contributed by atoms with Gasteiger partial charge in [0, 0.05) is 24.2 Å². The number of anilines is 2. The summed E-state index contributed by atoms with van der Waals surface area (Å²) in [5.74, 6) is 0.520. The van der Waals surface area contributed by atoms with Crippen LogP contribution in [-0.2, 0) is 14.8 Å². The molecular weight excluding hydrogens is 338 g/mol. The van der Waals surface area contributed by atoms with Crippen molar-refractivity contribution in [2.24, 2.45) is 5.92 Å². The van der Waals surface area contributed by atoms with E-state index < -0.39 is 10.0 Å². The topological polar surface area (TPSA) is 87.3 Å². The Kier molecular flexibility index (Phi) is 5.64. The second-order valence-electron chi connectivity index (χ2n) is 7.23. The van der Waals surface area contributed by atoms with Crippen LogP contribution in [0, 0.1) is 5.92 Å². The SMILES string of the molecule is CCCS(=O)(=O)Nc1cccc(NC(=O)CC2CC3CCC(C2)N3)c1. The minimum Gasteiger partial charge on any atom is -0.326 e. The predicted molar refractivity (Wildman–Crippen MR) is 100 cm³/mol. The number of benzene rings is 1. The third kappa shape index (κ3) is 5.19. The molecule has 1 aromatic carbocycles. The van der Waals surface area contributed by atoms with Gasteiger partial charge >= 0.3 is 0 Å². The second-order valence-corrected chi connectivity index (χ2v) is 9.07. The maximum absolute atomic E-state index is 12.3. The summed E-state index contributed by atoms with van der Waals surface area (Å²) in [7, 11) is -3.33. The van der Waals surface area contributed by atoms with Gasteiger partial charge in [-0.05, 0) is 56.2 Å². The van der Waals surface area contributed by atoms with Crippen LogP contribution in [0.1, 0.15) is 45.4 Å². The molecule has 2 aliphatic heterocycles. The van der Waals surface area contributed by atoms with Crippen LogP contribution in [-0.4, -0.2) is 32.2 Å². The summed E-state index contributed by atoms with van der Waals surface area (Å²) >= 11 is 0. The van der Waals surface area contributed by atoms with E-state index in [4.69, 9.17) is 0 Å². The van der Waals surface area contributed by atoms with E-state index in [-0.39, 0.29) is 11.7 Å². The van der Waals surface area contributed by atoms with Crippen LogP contribution >= 0.6 is 0 Å². The Morgan fingerprint density at radius 3 is 2.56 bits per heavy atom. The molecule has 0 aliphatic carbocycles. The highest BCUT2D eigenvalue weighted by Gasteiger charge is 2.34. The van der Waals surface area contributed by atoms with Crippen LogP contribution in [0.3, 0.4) is 0 Å². The Balaban J connectivity index is 1.55. The Morgan fingerprint density at radius 1 is 1.20 bits per heavy atom. The van der Waals surface area contributed by atoms with Gasteiger partial charge in [-0.3, -0.25) is 9.52 Å². The maximum Gasteiger partial charge on any atom is 0.232 e. The van der Waals surface area contributed by atoms with Gasteiger partial charge in [0.15, 0.2) is 0 Å². The molecule has 0 aromatic heterocycles. The molecule has 1 amide bonds. The van der Waals surface area contributed by atoms with Crippen LogP contribution < -0.4 is 15.4 Å². The standard InChI is InChI=1S/C18H27N3O3S/c1-2-8-25(23,24)21-17-5-3-4-14(12-17)20-18(22)11-13-9-15-6-7-16(10-13)19-15/h3-5,12-13,15-16,19,21H,2,6-11H2,1H3,(H,20,22). The molecule has 7 heteroatoms. The maximum atomic E-state index is 12.3. The highest BCUT2D eigenvalue weighted by molar-refractivity contribution is 7.92. The molecule has 2 bridgehead atoms. The fraction of sp³-hybridized carbons (Fsp3) is 0.611. The van der Waals surface area contributed by atoms with E-state index >= 15 is 0 Å². The summed E-state index contributed by atoms with van der Waals surface area (Å²) < 4.78 is 26.3. The van der Waals surface area contributed by atoms with E-state index in [0.717, 1.165) is 12.8 Å². The van der Waals surface area contributed by atoms with E-state index in [2.05, 4.69) is 15.4 Å². The number of nitrogens with one attached hydrogen (secondary N) is 3. The molecule has 25 heavy (non-hydrogen) atoms. The summed E-state index contributed by atoms with van der Waals surface area (Å²) in [5, 5.41) is 6.49. The molecule has 2 fully saturated rings. The molecule has 2 unspecified atom stereocenters. The van der Waals surface area contributed by atoms with Crippen LogP contribution in [0.15, 0.2) is 24.3 Å². The lowest BCUT2D eigenvalue weighted by atomic mass is 9.89. The average molecular weight is 365 g/mol. The zero-order valence-corrected chi connectivity index (χ0v) is 15.4. The average Bonchev–Trinajstić information content (AvgIpc) is 2.85. The molecule has 2 aliphatic rings. The second kappa shape index (κ2) is 7.74. The quantitative estimate of drug-likeness (QED) is 0.693. The van der Waals surface area contributed by atoms with Crippen molar-refractivity contribution < 1.29 is 13.2 Å². The number of rotatable bonds is 7. The fourth-order valence-electron chi connectivity index (χ4n) is 3.98. The van der Waals surface area contributed by atoms with E-state index in [1.165, 1.54) is 12.8 Å². The van der Waals surface area contributed by atoms with Gasteiger partial charge in [0.2, 0.25) is 15.9 Å². The van der Waals surface area contributed by atoms with Crippen LogP contribution in [0.4, 0.5) is 11.4 Å². The zero-order chi connectivity index (χ0) is 17.9. The van der Waals surface area contributed by atoms with Crippen LogP contribution in [0.25, 0.3) is 0 Å². The third-order valence-corrected chi connectivity index (χ3v) is 6.43. The van der Waals surface area contributed by atoms with Gasteiger partial charge in [-0.2, -0.15) is 0 Å². The van der Waals surface area contributed by atoms with Gasteiger partial charge in [0.05, 0.1) is 11.4 Å². The van der Waals surface area contributed by atoms with Crippen molar-refractivity contribution in [1.82, 2.24) is 5.32 Å². The molecule has 6 nitrogen and oxygen atoms in total. The molecule has 0 radical (unpaired) electrons. The first kappa shape index (κ1) is 18.2. The van der Waals surface area contributed by atoms with Crippen molar-refractivity contribution in [1.29, 1.82) is 0 Å². The zero-order valence-electron chi connectivity index (χ0n) is 14.6. The van der Waals surface area contributed by atoms with Gasteiger partial charge in [-0.25, -0.2) is 8.42 Å². The molecule has 2 heterocycles. The molecule has 0 saturated carbocycles. The molecule has 1 aromatic rings. The number of fused-ring (bicyclic) bond motifs is 2. The van der Waals surface area contributed by atoms with Crippen molar-refractivity contribution in [2.45, 2.75) is 57.5 Å². The minimum absolute atomic E-state index is 0.000125. The van der Waals surface area contributed by atoms with Gasteiger partial charge in [-0.1, -0.05) is 13.0 Å². The van der Waals surface area contributed by atoms with Crippen LogP contribution in [0.5, 0.6) is 0 Å². The number of amides is 1. The largest absolute Gasteiger partial charge is 0.326 e. The predicted octanol–water partition coefficient (Wildman–Crippen LogP) is 2.70. The Labute approximate surface area is 149 Å². The summed E-state index contributed by atoms with van der Waals surface area (Å²) in [6, 6.07) is 8.02. The highest BCUT2D eigenvalue weighted by Crippen LogP contribution is 2.32. The Hall–Kier alpha value is -1.60. The summed E-state index contributed by atoms with van der Waals surface area (Å²) in [6.07, 6.45) is 5.68. The van der Waals surface area contributed by atoms with E-state index in [1.807, 2.05) is 6.92 Å². The first-order chi connectivity index (χ1) is 11.9. The van der Waals surface area contributed by atoms with Crippen molar-refractivity contribution in [3.63, 3.8) is 0 Å². The first-order valence-corrected chi connectivity index (χ1v) is 10.7. The number of piperidine rings is 1. The Bertz CT molecular complexity index is 708. The lowest BCUT2D eigenvalue weighted by molar-refractivity contribution is -0.117. The summed E-state index contributed by atoms with van der Waals surface area (Å²) in [6.45, 7) is 1.82. The third-order valence-electron chi connectivity index (χ3n) is 4.94. The minimum atomic E-state index is -3.33. The first-order valence-electron chi connectivity index (χ1n) is 9.10. The number of sulfonamides is 1. The van der Waals surface area contributed by atoms with Gasteiger partial charge in [-0.15, -0.1) is 0 Å². The molecule has 3 N–H and O–H groups in total. The smallest absolute Gasteiger partial charge is 0.232 e. The number of carbonyl (C=O) groups excluding carboxylic acids is 1. The van der Waals surface area contributed by atoms with Crippen molar-refractivity contribution in [3.05, 3.63) is 24.3 Å². The lowest BCUT2D eigenvalue weighted by Crippen LogP contribution is -2.39. The fourth-order valence-corrected chi connectivity index (χ4v) is 5.10. The highest BCUT2D eigenvalue weighted by atomic mass is 32.2. The van der Waals surface area contributed by atoms with Crippen molar-refractivity contribution >= 4 is 27.3 Å². The van der Waals surface area contributed by atoms with E-state index in [1.54, 1.807) is 24.3 Å². The van der Waals surface area contributed by atoms with Crippen LogP contribution in [0.2, 0.25) is 0 Å². The molecular formula is C18H27N3O3S. The lowest BCUT2D eigenvalue weighted by Gasteiger charge is -2.28. The number of hydrogen-bond donors (Lipinski definition) is 3. The van der Waals surface area contributed by atoms with E-state index in [0.29, 0.717) is 42.2 Å². The number of carbonyl (C=O) groups is 1. The summed E-state index contributed by atoms with van der Waals surface area (Å²) in [4.78, 5) is 12.3. The Morgan fingerprint density at radius 2 is 1.88 bits per heavy atom. The molecule has 138 valence electrons. The summed E-state index contributed by atoms with van der Waals surface area (Å²) in [5.41, 5.74) is 1.10. The molecule has 2 saturated heterocycles. The number of hydrogen-bond acceptors (Lipinski definition) is 4. The normalized spacial score (nSPS) is 25.6. The van der Waals surface area contributed by atoms with Gasteiger partial charge in [0.1, 0.15) is 0 Å². The molecule has 0 spiro atoms. The van der Waals surface area contributed by atoms with Gasteiger partial charge < -0.3 is 10.6 Å². The molecule has 3 rings (SSSR count). The van der Waals surface area contributed by atoms with E-state index in [9.17, 15) is 13.2 Å². The van der Waals surface area contributed by atoms with Gasteiger partial charge in [0.25, 0.3) is 0 Å². The molecule has 2 atom stereocenters. The van der Waals surface area contributed by atoms with Crippen molar-refractivity contribution in [3.8, 4) is 0 Å².